The van der Waals surface area contributed by atoms with Crippen LogP contribution in [0.2, 0.25) is 0 Å². The molecule has 96 valence electrons. The second-order valence-electron chi connectivity index (χ2n) is 5.12. The zero-order valence-electron chi connectivity index (χ0n) is 9.67. The molecule has 2 aliphatic carbocycles. The first-order valence-electron chi connectivity index (χ1n) is 6.07. The molecule has 1 aromatic rings. The van der Waals surface area contributed by atoms with E-state index in [0.29, 0.717) is 11.5 Å². The van der Waals surface area contributed by atoms with Crippen LogP contribution in [0.1, 0.15) is 30.7 Å². The SMILES string of the molecule is Oc1c(F)cc(C2C=CC3CCCC32Br)cc1F. The van der Waals surface area contributed by atoms with Crippen molar-refractivity contribution in [2.45, 2.75) is 29.5 Å². The van der Waals surface area contributed by atoms with Gasteiger partial charge in [0.1, 0.15) is 0 Å². The maximum Gasteiger partial charge on any atom is 0.187 e. The smallest absolute Gasteiger partial charge is 0.187 e. The number of phenols is 1. The highest BCUT2D eigenvalue weighted by atomic mass is 79.9. The lowest BCUT2D eigenvalue weighted by Gasteiger charge is -2.30. The summed E-state index contributed by atoms with van der Waals surface area (Å²) in [7, 11) is 0. The van der Waals surface area contributed by atoms with E-state index >= 15 is 0 Å². The molecule has 4 heteroatoms. The normalized spacial score (nSPS) is 33.9. The summed E-state index contributed by atoms with van der Waals surface area (Å²) in [4.78, 5) is 0. The third kappa shape index (κ3) is 1.62. The zero-order valence-corrected chi connectivity index (χ0v) is 11.3. The van der Waals surface area contributed by atoms with Gasteiger partial charge in [-0.2, -0.15) is 0 Å². The van der Waals surface area contributed by atoms with Crippen molar-refractivity contribution in [3.05, 3.63) is 41.5 Å². The molecule has 0 heterocycles. The molecule has 0 bridgehead atoms. The van der Waals surface area contributed by atoms with Crippen LogP contribution in [0.25, 0.3) is 0 Å². The van der Waals surface area contributed by atoms with E-state index in [2.05, 4.69) is 22.0 Å². The molecule has 0 spiro atoms. The fraction of sp³-hybridized carbons (Fsp3) is 0.429. The molecule has 1 saturated carbocycles. The summed E-state index contributed by atoms with van der Waals surface area (Å²) < 4.78 is 26.8. The number of phenolic OH excluding ortho intramolecular Hbond substituents is 1. The summed E-state index contributed by atoms with van der Waals surface area (Å²) in [5.41, 5.74) is 0.584. The lowest BCUT2D eigenvalue weighted by molar-refractivity contribution is 0.394. The fourth-order valence-electron chi connectivity index (χ4n) is 3.22. The Balaban J connectivity index is 2.04. The molecule has 1 N–H and O–H groups in total. The van der Waals surface area contributed by atoms with Crippen molar-refractivity contribution in [3.63, 3.8) is 0 Å². The standard InChI is InChI=1S/C14H13BrF2O/c15-14-5-1-2-9(14)3-4-10(14)8-6-11(16)13(18)12(17)7-8/h3-4,6-7,9-10,18H,1-2,5H2. The van der Waals surface area contributed by atoms with Gasteiger partial charge in [0.25, 0.3) is 0 Å². The van der Waals surface area contributed by atoms with Gasteiger partial charge >= 0.3 is 0 Å². The predicted molar refractivity (Wildman–Crippen MR) is 68.9 cm³/mol. The number of hydrogen-bond donors (Lipinski definition) is 1. The van der Waals surface area contributed by atoms with Gasteiger partial charge in [-0.25, -0.2) is 8.78 Å². The van der Waals surface area contributed by atoms with E-state index in [-0.39, 0.29) is 10.2 Å². The second-order valence-corrected chi connectivity index (χ2v) is 6.60. The first-order valence-corrected chi connectivity index (χ1v) is 6.87. The lowest BCUT2D eigenvalue weighted by atomic mass is 9.85. The molecular formula is C14H13BrF2O. The topological polar surface area (TPSA) is 20.2 Å². The van der Waals surface area contributed by atoms with Crippen molar-refractivity contribution >= 4 is 15.9 Å². The molecule has 0 aliphatic heterocycles. The van der Waals surface area contributed by atoms with Crippen LogP contribution in [0.4, 0.5) is 8.78 Å². The van der Waals surface area contributed by atoms with E-state index in [1.807, 2.05) is 6.08 Å². The van der Waals surface area contributed by atoms with Gasteiger partial charge in [0.15, 0.2) is 17.4 Å². The minimum Gasteiger partial charge on any atom is -0.503 e. The predicted octanol–water partition coefficient (Wildman–Crippen LogP) is 4.26. The summed E-state index contributed by atoms with van der Waals surface area (Å²) in [6, 6.07) is 2.47. The number of hydrogen-bond acceptors (Lipinski definition) is 1. The van der Waals surface area contributed by atoms with E-state index < -0.39 is 17.4 Å². The average molecular weight is 315 g/mol. The Morgan fingerprint density at radius 3 is 2.56 bits per heavy atom. The quantitative estimate of drug-likeness (QED) is 0.606. The van der Waals surface area contributed by atoms with E-state index in [1.54, 1.807) is 0 Å². The number of rotatable bonds is 1. The van der Waals surface area contributed by atoms with Crippen LogP contribution in [0.3, 0.4) is 0 Å². The number of alkyl halides is 1. The molecule has 0 radical (unpaired) electrons. The summed E-state index contributed by atoms with van der Waals surface area (Å²) in [6.07, 6.45) is 7.39. The second kappa shape index (κ2) is 4.05. The van der Waals surface area contributed by atoms with Crippen molar-refractivity contribution in [2.75, 3.05) is 0 Å². The van der Waals surface area contributed by atoms with Gasteiger partial charge in [0.2, 0.25) is 0 Å². The molecule has 0 aromatic heterocycles. The Morgan fingerprint density at radius 1 is 1.22 bits per heavy atom. The average Bonchev–Trinajstić information content (AvgIpc) is 2.81. The van der Waals surface area contributed by atoms with Gasteiger partial charge in [0.05, 0.1) is 0 Å². The Hall–Kier alpha value is -0.900. The van der Waals surface area contributed by atoms with Gasteiger partial charge in [0, 0.05) is 10.2 Å². The van der Waals surface area contributed by atoms with Crippen molar-refractivity contribution in [3.8, 4) is 5.75 Å². The molecule has 0 saturated heterocycles. The maximum absolute atomic E-state index is 13.4. The monoisotopic (exact) mass is 314 g/mol. The number of aromatic hydroxyl groups is 1. The molecule has 18 heavy (non-hydrogen) atoms. The maximum atomic E-state index is 13.4. The Labute approximate surface area is 113 Å². The summed E-state index contributed by atoms with van der Waals surface area (Å²) in [6.45, 7) is 0. The highest BCUT2D eigenvalue weighted by molar-refractivity contribution is 9.10. The third-order valence-electron chi connectivity index (χ3n) is 4.14. The first-order chi connectivity index (χ1) is 8.52. The molecule has 1 aromatic carbocycles. The van der Waals surface area contributed by atoms with Crippen LogP contribution in [0, 0.1) is 17.6 Å². The highest BCUT2D eigenvalue weighted by Crippen LogP contribution is 2.56. The van der Waals surface area contributed by atoms with E-state index in [4.69, 9.17) is 5.11 Å². The molecule has 1 fully saturated rings. The molecule has 3 atom stereocenters. The molecule has 3 rings (SSSR count). The van der Waals surface area contributed by atoms with Crippen molar-refractivity contribution in [1.29, 1.82) is 0 Å². The van der Waals surface area contributed by atoms with Crippen LogP contribution >= 0.6 is 15.9 Å². The van der Waals surface area contributed by atoms with E-state index in [0.717, 1.165) is 19.3 Å². The summed E-state index contributed by atoms with van der Waals surface area (Å²) >= 11 is 3.77. The number of halogens is 3. The van der Waals surface area contributed by atoms with Crippen molar-refractivity contribution < 1.29 is 13.9 Å². The minimum absolute atomic E-state index is 0.0328. The Kier molecular flexibility index (Phi) is 2.73. The first kappa shape index (κ1) is 12.2. The van der Waals surface area contributed by atoms with Crippen LogP contribution < -0.4 is 0 Å². The highest BCUT2D eigenvalue weighted by Gasteiger charge is 2.48. The van der Waals surface area contributed by atoms with Crippen LogP contribution in [-0.4, -0.2) is 9.43 Å². The molecule has 2 aliphatic rings. The Bertz CT molecular complexity index is 506. The fourth-order valence-corrected chi connectivity index (χ4v) is 4.30. The summed E-state index contributed by atoms with van der Waals surface area (Å²) in [5.74, 6) is -2.28. The van der Waals surface area contributed by atoms with E-state index in [9.17, 15) is 8.78 Å². The summed E-state index contributed by atoms with van der Waals surface area (Å²) in [5, 5.41) is 9.15. The van der Waals surface area contributed by atoms with Crippen LogP contribution in [-0.2, 0) is 0 Å². The van der Waals surface area contributed by atoms with Crippen molar-refractivity contribution in [1.82, 2.24) is 0 Å². The van der Waals surface area contributed by atoms with Crippen LogP contribution in [0.15, 0.2) is 24.3 Å². The molecule has 0 amide bonds. The van der Waals surface area contributed by atoms with Crippen LogP contribution in [0.5, 0.6) is 5.75 Å². The van der Waals surface area contributed by atoms with Gasteiger partial charge in [-0.15, -0.1) is 0 Å². The number of allylic oxidation sites excluding steroid dienone is 2. The third-order valence-corrected chi connectivity index (χ3v) is 5.62. The van der Waals surface area contributed by atoms with E-state index in [1.165, 1.54) is 12.1 Å². The van der Waals surface area contributed by atoms with Gasteiger partial charge in [-0.05, 0) is 36.5 Å². The minimum atomic E-state index is -0.896. The molecule has 1 nitrogen and oxygen atoms in total. The van der Waals surface area contributed by atoms with Gasteiger partial charge < -0.3 is 5.11 Å². The zero-order chi connectivity index (χ0) is 12.9. The van der Waals surface area contributed by atoms with Gasteiger partial charge in [-0.3, -0.25) is 0 Å². The Morgan fingerprint density at radius 2 is 1.89 bits per heavy atom. The molecule has 3 unspecified atom stereocenters. The lowest BCUT2D eigenvalue weighted by Crippen LogP contribution is -2.27. The number of benzene rings is 1. The van der Waals surface area contributed by atoms with Gasteiger partial charge in [-0.1, -0.05) is 34.5 Å². The molecular weight excluding hydrogens is 302 g/mol. The number of fused-ring (bicyclic) bond motifs is 1. The van der Waals surface area contributed by atoms with Crippen molar-refractivity contribution in [2.24, 2.45) is 5.92 Å². The largest absolute Gasteiger partial charge is 0.503 e.